The number of aromatic nitrogens is 1. The molecule has 0 unspecified atom stereocenters. The summed E-state index contributed by atoms with van der Waals surface area (Å²) in [6, 6.07) is 11.9. The number of non-ortho nitro benzene ring substituents is 1. The van der Waals surface area contributed by atoms with Gasteiger partial charge in [-0.05, 0) is 24.0 Å². The standard InChI is InChI=1S/C20H18ClN3O3S/c1-12(2)9-13-3-5-14(6-4-13)18-11-28-20(22-18)23-19(25)16-10-15(24(26)27)7-8-17(16)21/h3-8,10-12H,9H2,1-2H3,(H,22,23,25). The lowest BCUT2D eigenvalue weighted by molar-refractivity contribution is -0.384. The molecule has 3 rings (SSSR count). The van der Waals surface area contributed by atoms with E-state index in [1.165, 1.54) is 29.0 Å². The van der Waals surface area contributed by atoms with Gasteiger partial charge in [-0.3, -0.25) is 20.2 Å². The zero-order chi connectivity index (χ0) is 20.3. The van der Waals surface area contributed by atoms with Gasteiger partial charge in [0.05, 0.1) is 21.2 Å². The van der Waals surface area contributed by atoms with E-state index < -0.39 is 10.8 Å². The Hall–Kier alpha value is -2.77. The summed E-state index contributed by atoms with van der Waals surface area (Å²) in [5, 5.41) is 15.9. The van der Waals surface area contributed by atoms with Crippen LogP contribution in [0.5, 0.6) is 0 Å². The predicted octanol–water partition coefficient (Wildman–Crippen LogP) is 5.82. The van der Waals surface area contributed by atoms with Crippen LogP contribution in [0.2, 0.25) is 5.02 Å². The molecule has 0 radical (unpaired) electrons. The second-order valence-corrected chi connectivity index (χ2v) is 7.97. The summed E-state index contributed by atoms with van der Waals surface area (Å²) < 4.78 is 0. The van der Waals surface area contributed by atoms with Crippen molar-refractivity contribution in [3.8, 4) is 11.3 Å². The SMILES string of the molecule is CC(C)Cc1ccc(-c2csc(NC(=O)c3cc([N+](=O)[O-])ccc3Cl)n2)cc1. The summed E-state index contributed by atoms with van der Waals surface area (Å²) in [5.74, 6) is 0.0504. The highest BCUT2D eigenvalue weighted by Crippen LogP contribution is 2.27. The van der Waals surface area contributed by atoms with Gasteiger partial charge in [-0.15, -0.1) is 11.3 Å². The van der Waals surface area contributed by atoms with Gasteiger partial charge in [0.1, 0.15) is 0 Å². The molecular formula is C20H18ClN3O3S. The van der Waals surface area contributed by atoms with Crippen LogP contribution in [-0.4, -0.2) is 15.8 Å². The Balaban J connectivity index is 1.75. The zero-order valence-corrected chi connectivity index (χ0v) is 16.9. The fraction of sp³-hybridized carbons (Fsp3) is 0.200. The summed E-state index contributed by atoms with van der Waals surface area (Å²) in [6.07, 6.45) is 1.02. The molecule has 2 aromatic carbocycles. The molecule has 8 heteroatoms. The largest absolute Gasteiger partial charge is 0.298 e. The van der Waals surface area contributed by atoms with E-state index in [1.54, 1.807) is 0 Å². The number of carbonyl (C=O) groups is 1. The van der Waals surface area contributed by atoms with Crippen LogP contribution in [0.25, 0.3) is 11.3 Å². The van der Waals surface area contributed by atoms with Gasteiger partial charge in [0.2, 0.25) is 0 Å². The van der Waals surface area contributed by atoms with Gasteiger partial charge in [0.15, 0.2) is 5.13 Å². The average molecular weight is 416 g/mol. The van der Waals surface area contributed by atoms with Crippen LogP contribution in [0.1, 0.15) is 29.8 Å². The van der Waals surface area contributed by atoms with Crippen LogP contribution < -0.4 is 5.32 Å². The van der Waals surface area contributed by atoms with Crippen molar-refractivity contribution in [3.63, 3.8) is 0 Å². The molecule has 0 bridgehead atoms. The van der Waals surface area contributed by atoms with Gasteiger partial charge >= 0.3 is 0 Å². The van der Waals surface area contributed by atoms with Crippen molar-refractivity contribution in [2.45, 2.75) is 20.3 Å². The molecule has 1 heterocycles. The molecule has 0 aliphatic heterocycles. The number of benzene rings is 2. The van der Waals surface area contributed by atoms with Crippen LogP contribution >= 0.6 is 22.9 Å². The summed E-state index contributed by atoms with van der Waals surface area (Å²) in [4.78, 5) is 27.2. The number of hydrogen-bond donors (Lipinski definition) is 1. The number of hydrogen-bond acceptors (Lipinski definition) is 5. The van der Waals surface area contributed by atoms with Crippen molar-refractivity contribution < 1.29 is 9.72 Å². The minimum absolute atomic E-state index is 0.0330. The molecule has 1 N–H and O–H groups in total. The van der Waals surface area contributed by atoms with Crippen molar-refractivity contribution in [1.29, 1.82) is 0 Å². The van der Waals surface area contributed by atoms with Crippen molar-refractivity contribution in [3.05, 3.63) is 74.1 Å². The Labute approximate surface area is 171 Å². The van der Waals surface area contributed by atoms with Gasteiger partial charge in [-0.2, -0.15) is 0 Å². The third kappa shape index (κ3) is 4.74. The van der Waals surface area contributed by atoms with Crippen LogP contribution in [-0.2, 0) is 6.42 Å². The molecule has 1 aromatic heterocycles. The Kier molecular flexibility index (Phi) is 6.06. The van der Waals surface area contributed by atoms with Crippen LogP contribution in [0, 0.1) is 16.0 Å². The normalized spacial score (nSPS) is 10.9. The Bertz CT molecular complexity index is 1020. The Morgan fingerprint density at radius 1 is 1.25 bits per heavy atom. The maximum Gasteiger partial charge on any atom is 0.270 e. The third-order valence-electron chi connectivity index (χ3n) is 4.02. The molecule has 28 heavy (non-hydrogen) atoms. The maximum atomic E-state index is 12.5. The molecule has 3 aromatic rings. The number of carbonyl (C=O) groups excluding carboxylic acids is 1. The molecular weight excluding hydrogens is 398 g/mol. The van der Waals surface area contributed by atoms with E-state index >= 15 is 0 Å². The number of amides is 1. The van der Waals surface area contributed by atoms with E-state index in [-0.39, 0.29) is 16.3 Å². The maximum absolute atomic E-state index is 12.5. The second kappa shape index (κ2) is 8.50. The topological polar surface area (TPSA) is 85.1 Å². The van der Waals surface area contributed by atoms with E-state index in [2.05, 4.69) is 36.3 Å². The molecule has 0 spiro atoms. The lowest BCUT2D eigenvalue weighted by Crippen LogP contribution is -2.12. The minimum atomic E-state index is -0.572. The molecule has 0 aliphatic rings. The van der Waals surface area contributed by atoms with Gasteiger partial charge in [-0.1, -0.05) is 49.7 Å². The van der Waals surface area contributed by atoms with E-state index in [1.807, 2.05) is 17.5 Å². The summed E-state index contributed by atoms with van der Waals surface area (Å²) in [6.45, 7) is 4.35. The fourth-order valence-corrected chi connectivity index (χ4v) is 3.63. The molecule has 0 fully saturated rings. The van der Waals surface area contributed by atoms with Gasteiger partial charge in [-0.25, -0.2) is 4.98 Å². The predicted molar refractivity (Wildman–Crippen MR) is 112 cm³/mol. The molecule has 6 nitrogen and oxygen atoms in total. The minimum Gasteiger partial charge on any atom is -0.298 e. The lowest BCUT2D eigenvalue weighted by atomic mass is 10.0. The van der Waals surface area contributed by atoms with Gasteiger partial charge < -0.3 is 0 Å². The number of rotatable bonds is 6. The number of nitrogens with one attached hydrogen (secondary N) is 1. The van der Waals surface area contributed by atoms with E-state index in [9.17, 15) is 14.9 Å². The molecule has 144 valence electrons. The first-order chi connectivity index (χ1) is 13.3. The van der Waals surface area contributed by atoms with Gasteiger partial charge in [0.25, 0.3) is 11.6 Å². The van der Waals surface area contributed by atoms with Crippen molar-refractivity contribution >= 4 is 39.7 Å². The van der Waals surface area contributed by atoms with E-state index in [4.69, 9.17) is 11.6 Å². The van der Waals surface area contributed by atoms with Crippen LogP contribution in [0.4, 0.5) is 10.8 Å². The Morgan fingerprint density at radius 2 is 1.96 bits per heavy atom. The summed E-state index contributed by atoms with van der Waals surface area (Å²) >= 11 is 7.29. The highest BCUT2D eigenvalue weighted by molar-refractivity contribution is 7.14. The first-order valence-corrected chi connectivity index (χ1v) is 9.89. The number of anilines is 1. The first-order valence-electron chi connectivity index (χ1n) is 8.63. The van der Waals surface area contributed by atoms with Crippen LogP contribution in [0.3, 0.4) is 0 Å². The smallest absolute Gasteiger partial charge is 0.270 e. The quantitative estimate of drug-likeness (QED) is 0.405. The van der Waals surface area contributed by atoms with E-state index in [0.29, 0.717) is 11.0 Å². The monoisotopic (exact) mass is 415 g/mol. The second-order valence-electron chi connectivity index (χ2n) is 6.71. The Morgan fingerprint density at radius 3 is 2.61 bits per heavy atom. The number of nitrogens with zero attached hydrogens (tertiary/aromatic N) is 2. The molecule has 0 saturated carbocycles. The third-order valence-corrected chi connectivity index (χ3v) is 5.11. The van der Waals surface area contributed by atoms with Gasteiger partial charge in [0, 0.05) is 23.1 Å². The fourth-order valence-electron chi connectivity index (χ4n) is 2.71. The average Bonchev–Trinajstić information content (AvgIpc) is 3.10. The number of nitro benzene ring substituents is 1. The molecule has 0 aliphatic carbocycles. The molecule has 0 atom stereocenters. The van der Waals surface area contributed by atoms with Crippen LogP contribution in [0.15, 0.2) is 47.8 Å². The number of nitro groups is 1. The highest BCUT2D eigenvalue weighted by Gasteiger charge is 2.17. The van der Waals surface area contributed by atoms with Crippen molar-refractivity contribution in [1.82, 2.24) is 4.98 Å². The summed E-state index contributed by atoms with van der Waals surface area (Å²) in [7, 11) is 0. The van der Waals surface area contributed by atoms with E-state index in [0.717, 1.165) is 23.7 Å². The number of thiazole rings is 1. The van der Waals surface area contributed by atoms with Crippen molar-refractivity contribution in [2.75, 3.05) is 5.32 Å². The first kappa shape index (κ1) is 20.0. The highest BCUT2D eigenvalue weighted by atomic mass is 35.5. The summed E-state index contributed by atoms with van der Waals surface area (Å²) in [5.41, 5.74) is 2.81. The van der Waals surface area contributed by atoms with Crippen molar-refractivity contribution in [2.24, 2.45) is 5.92 Å². The molecule has 0 saturated heterocycles. The molecule has 1 amide bonds. The lowest BCUT2D eigenvalue weighted by Gasteiger charge is -2.05. The zero-order valence-electron chi connectivity index (χ0n) is 15.3. The number of halogens is 1.